The fraction of sp³-hybridized carbons (Fsp3) is 0.370. The summed E-state index contributed by atoms with van der Waals surface area (Å²) in [6.07, 6.45) is 5.38. The molecule has 0 radical (unpaired) electrons. The number of carbonyl (C=O) groups excluding carboxylic acids is 3. The molecule has 1 aliphatic heterocycles. The van der Waals surface area contributed by atoms with E-state index in [1.165, 1.54) is 4.90 Å². The third-order valence-electron chi connectivity index (χ3n) is 7.88. The van der Waals surface area contributed by atoms with Crippen molar-refractivity contribution in [3.05, 3.63) is 60.7 Å². The summed E-state index contributed by atoms with van der Waals surface area (Å²) in [5.74, 6) is 1.79. The molecule has 7 rings (SSSR count). The van der Waals surface area contributed by atoms with Crippen LogP contribution >= 0.6 is 0 Å². The van der Waals surface area contributed by atoms with Crippen molar-refractivity contribution in [3.8, 4) is 17.2 Å². The van der Waals surface area contributed by atoms with Crippen LogP contribution in [0.5, 0.6) is 17.2 Å². The molecule has 4 aliphatic carbocycles. The van der Waals surface area contributed by atoms with Gasteiger partial charge in [-0.2, -0.15) is 0 Å². The average Bonchev–Trinajstić information content (AvgIpc) is 3.63. The number of likely N-dealkylation sites (tertiary alicyclic amines) is 1. The Balaban J connectivity index is 1.13. The molecule has 0 aromatic heterocycles. The first kappa shape index (κ1) is 21.0. The maximum Gasteiger partial charge on any atom is 0.247 e. The smallest absolute Gasteiger partial charge is 0.247 e. The number of para-hydroxylation sites is 2. The van der Waals surface area contributed by atoms with E-state index in [1.54, 1.807) is 38.3 Å². The molecule has 0 spiro atoms. The maximum atomic E-state index is 13.2. The van der Waals surface area contributed by atoms with Crippen LogP contribution in [0.2, 0.25) is 0 Å². The van der Waals surface area contributed by atoms with Crippen molar-refractivity contribution in [2.45, 2.75) is 19.4 Å². The van der Waals surface area contributed by atoms with Gasteiger partial charge < -0.3 is 14.8 Å². The minimum absolute atomic E-state index is 0.146. The molecule has 2 aromatic rings. The number of hydrogen-bond acceptors (Lipinski definition) is 5. The first-order chi connectivity index (χ1) is 16.5. The largest absolute Gasteiger partial charge is 0.493 e. The number of methoxy groups -OCH3 is 1. The number of anilines is 1. The van der Waals surface area contributed by atoms with Crippen LogP contribution in [-0.4, -0.2) is 35.8 Å². The standard InChI is InChI=1S/C27H26N2O5/c1-14(29-26(31)23-17-11-12-18(20-13-19(17)20)24(23)27(29)32)25(30)28-15-7-9-16(10-8-15)34-22-6-4-3-5-21(22)33-2/h3-12,14,17-20,23-24H,13H2,1-2H3,(H,28,30)/t14-,17-,18-,19-,20-,23+,24+/m0/s1. The van der Waals surface area contributed by atoms with Gasteiger partial charge in [-0.15, -0.1) is 0 Å². The zero-order valence-electron chi connectivity index (χ0n) is 19.0. The van der Waals surface area contributed by atoms with Gasteiger partial charge in [0.25, 0.3) is 0 Å². The molecule has 7 nitrogen and oxygen atoms in total. The van der Waals surface area contributed by atoms with Crippen LogP contribution in [0.15, 0.2) is 60.7 Å². The summed E-state index contributed by atoms with van der Waals surface area (Å²) in [5, 5.41) is 2.83. The number of rotatable bonds is 6. The molecule has 2 aromatic carbocycles. The van der Waals surface area contributed by atoms with Crippen molar-refractivity contribution in [1.82, 2.24) is 4.90 Å². The second-order valence-corrected chi connectivity index (χ2v) is 9.64. The molecule has 1 saturated heterocycles. The fourth-order valence-electron chi connectivity index (χ4n) is 6.16. The van der Waals surface area contributed by atoms with Crippen molar-refractivity contribution < 1.29 is 23.9 Å². The lowest BCUT2D eigenvalue weighted by Crippen LogP contribution is -2.46. The van der Waals surface area contributed by atoms with E-state index in [4.69, 9.17) is 9.47 Å². The van der Waals surface area contributed by atoms with E-state index in [0.29, 0.717) is 34.8 Å². The summed E-state index contributed by atoms with van der Waals surface area (Å²) in [6.45, 7) is 1.62. The number of nitrogens with one attached hydrogen (secondary N) is 1. The van der Waals surface area contributed by atoms with E-state index < -0.39 is 6.04 Å². The minimum atomic E-state index is -0.870. The highest BCUT2D eigenvalue weighted by Crippen LogP contribution is 2.65. The van der Waals surface area contributed by atoms with Gasteiger partial charge in [0.2, 0.25) is 17.7 Å². The topological polar surface area (TPSA) is 84.9 Å². The lowest BCUT2D eigenvalue weighted by molar-refractivity contribution is -0.146. The molecule has 1 N–H and O–H groups in total. The highest BCUT2D eigenvalue weighted by molar-refractivity contribution is 6.10. The van der Waals surface area contributed by atoms with Crippen LogP contribution in [0.25, 0.3) is 0 Å². The molecule has 2 saturated carbocycles. The van der Waals surface area contributed by atoms with Gasteiger partial charge in [-0.1, -0.05) is 24.3 Å². The third kappa shape index (κ3) is 3.14. The Labute approximate surface area is 197 Å². The molecular weight excluding hydrogens is 432 g/mol. The molecule has 7 atom stereocenters. The van der Waals surface area contributed by atoms with Crippen LogP contribution in [0.1, 0.15) is 13.3 Å². The average molecular weight is 459 g/mol. The Morgan fingerprint density at radius 1 is 0.941 bits per heavy atom. The van der Waals surface area contributed by atoms with Gasteiger partial charge in [-0.05, 0) is 73.4 Å². The lowest BCUT2D eigenvalue weighted by Gasteiger charge is -2.37. The van der Waals surface area contributed by atoms with Gasteiger partial charge in [0.15, 0.2) is 11.5 Å². The summed E-state index contributed by atoms with van der Waals surface area (Å²) < 4.78 is 11.2. The number of carbonyl (C=O) groups is 3. The van der Waals surface area contributed by atoms with Crippen molar-refractivity contribution in [1.29, 1.82) is 0 Å². The van der Waals surface area contributed by atoms with Gasteiger partial charge in [0.1, 0.15) is 11.8 Å². The number of imide groups is 1. The molecule has 2 bridgehead atoms. The molecule has 3 amide bonds. The lowest BCUT2D eigenvalue weighted by atomic mass is 9.63. The predicted octanol–water partition coefficient (Wildman–Crippen LogP) is 3.87. The Kier molecular flexibility index (Phi) is 4.76. The predicted molar refractivity (Wildman–Crippen MR) is 124 cm³/mol. The summed E-state index contributed by atoms with van der Waals surface area (Å²) >= 11 is 0. The van der Waals surface area contributed by atoms with E-state index in [9.17, 15) is 14.4 Å². The number of nitrogens with zero attached hydrogens (tertiary/aromatic N) is 1. The zero-order valence-corrected chi connectivity index (χ0v) is 19.0. The van der Waals surface area contributed by atoms with Crippen LogP contribution in [-0.2, 0) is 14.4 Å². The summed E-state index contributed by atoms with van der Waals surface area (Å²) in [4.78, 5) is 40.7. The van der Waals surface area contributed by atoms with E-state index >= 15 is 0 Å². The molecule has 5 aliphatic rings. The normalized spacial score (nSPS) is 31.1. The maximum absolute atomic E-state index is 13.2. The highest BCUT2D eigenvalue weighted by Gasteiger charge is 2.67. The SMILES string of the molecule is COc1ccccc1Oc1ccc(NC(=O)[C@H](C)N2C(=O)[C@@H]3[C@H]4C=C[C@@H]([C@@H]5C[C@@H]45)[C@H]3C2=O)cc1. The first-order valence-electron chi connectivity index (χ1n) is 11.7. The van der Waals surface area contributed by atoms with E-state index in [2.05, 4.69) is 17.5 Å². The van der Waals surface area contributed by atoms with Crippen LogP contribution in [0, 0.1) is 35.5 Å². The molecule has 1 heterocycles. The number of amides is 3. The Morgan fingerprint density at radius 3 is 2.12 bits per heavy atom. The quantitative estimate of drug-likeness (QED) is 0.525. The number of ether oxygens (including phenoxy) is 2. The van der Waals surface area contributed by atoms with Gasteiger partial charge in [-0.3, -0.25) is 19.3 Å². The fourth-order valence-corrected chi connectivity index (χ4v) is 6.16. The first-order valence-corrected chi connectivity index (χ1v) is 11.7. The second kappa shape index (κ2) is 7.72. The summed E-state index contributed by atoms with van der Waals surface area (Å²) in [7, 11) is 1.58. The highest BCUT2D eigenvalue weighted by atomic mass is 16.5. The van der Waals surface area contributed by atoms with E-state index in [0.717, 1.165) is 6.42 Å². The number of hydrogen-bond donors (Lipinski definition) is 1. The van der Waals surface area contributed by atoms with E-state index in [1.807, 2.05) is 24.3 Å². The van der Waals surface area contributed by atoms with Gasteiger partial charge in [-0.25, -0.2) is 0 Å². The summed E-state index contributed by atoms with van der Waals surface area (Å²) in [6, 6.07) is 13.4. The Bertz CT molecular complexity index is 1170. The summed E-state index contributed by atoms with van der Waals surface area (Å²) in [5.41, 5.74) is 0.559. The second-order valence-electron chi connectivity index (χ2n) is 9.64. The van der Waals surface area contributed by atoms with Crippen molar-refractivity contribution in [3.63, 3.8) is 0 Å². The van der Waals surface area contributed by atoms with Crippen LogP contribution in [0.4, 0.5) is 5.69 Å². The molecule has 34 heavy (non-hydrogen) atoms. The van der Waals surface area contributed by atoms with Gasteiger partial charge in [0, 0.05) is 5.69 Å². The van der Waals surface area contributed by atoms with Crippen LogP contribution < -0.4 is 14.8 Å². The zero-order chi connectivity index (χ0) is 23.6. The van der Waals surface area contributed by atoms with E-state index in [-0.39, 0.29) is 41.4 Å². The molecule has 0 unspecified atom stereocenters. The minimum Gasteiger partial charge on any atom is -0.493 e. The molecule has 7 heteroatoms. The van der Waals surface area contributed by atoms with Gasteiger partial charge >= 0.3 is 0 Å². The Morgan fingerprint density at radius 2 is 1.53 bits per heavy atom. The van der Waals surface area contributed by atoms with Crippen molar-refractivity contribution >= 4 is 23.4 Å². The molecule has 174 valence electrons. The molecule has 3 fully saturated rings. The molecular formula is C27H26N2O5. The number of allylic oxidation sites excluding steroid dienone is 2. The van der Waals surface area contributed by atoms with Gasteiger partial charge in [0.05, 0.1) is 18.9 Å². The van der Waals surface area contributed by atoms with Crippen LogP contribution in [0.3, 0.4) is 0 Å². The third-order valence-corrected chi connectivity index (χ3v) is 7.88. The van der Waals surface area contributed by atoms with Crippen molar-refractivity contribution in [2.75, 3.05) is 12.4 Å². The van der Waals surface area contributed by atoms with Crippen molar-refractivity contribution in [2.24, 2.45) is 35.5 Å². The Hall–Kier alpha value is -3.61. The number of benzene rings is 2. The monoisotopic (exact) mass is 458 g/mol.